The molecule has 1 aromatic rings. The highest BCUT2D eigenvalue weighted by Crippen LogP contribution is 2.16. The van der Waals surface area contributed by atoms with E-state index in [0.717, 1.165) is 13.1 Å². The molecular formula is C8H11Cl2N3. The van der Waals surface area contributed by atoms with Crippen LogP contribution in [-0.4, -0.2) is 23.1 Å². The topological polar surface area (TPSA) is 29.0 Å². The van der Waals surface area contributed by atoms with Crippen molar-refractivity contribution >= 4 is 29.2 Å². The molecule has 1 rings (SSSR count). The van der Waals surface area contributed by atoms with Crippen LogP contribution in [0.15, 0.2) is 6.07 Å². The summed E-state index contributed by atoms with van der Waals surface area (Å²) in [6, 6.07) is 1.52. The Labute approximate surface area is 87.7 Å². The van der Waals surface area contributed by atoms with Gasteiger partial charge in [-0.25, -0.2) is 9.97 Å². The SMILES string of the molecule is CCN(CC)c1nc(Cl)cc(Cl)n1. The standard InChI is InChI=1S/C8H11Cl2N3/c1-3-13(4-2)8-11-6(9)5-7(10)12-8/h5H,3-4H2,1-2H3. The van der Waals surface area contributed by atoms with Gasteiger partial charge in [-0.1, -0.05) is 23.2 Å². The van der Waals surface area contributed by atoms with Crippen molar-refractivity contribution in [3.8, 4) is 0 Å². The Kier molecular flexibility index (Phi) is 3.75. The molecule has 5 heteroatoms. The lowest BCUT2D eigenvalue weighted by Crippen LogP contribution is -2.24. The Hall–Kier alpha value is -0.540. The largest absolute Gasteiger partial charge is 0.341 e. The molecule has 0 spiro atoms. The predicted molar refractivity (Wildman–Crippen MR) is 55.6 cm³/mol. The Morgan fingerprint density at radius 1 is 1.15 bits per heavy atom. The van der Waals surface area contributed by atoms with Gasteiger partial charge < -0.3 is 4.90 Å². The first kappa shape index (κ1) is 10.5. The lowest BCUT2D eigenvalue weighted by atomic mass is 10.5. The Morgan fingerprint density at radius 3 is 2.00 bits per heavy atom. The molecular weight excluding hydrogens is 209 g/mol. The summed E-state index contributed by atoms with van der Waals surface area (Å²) in [5, 5.41) is 0.754. The minimum absolute atomic E-state index is 0.377. The number of anilines is 1. The highest BCUT2D eigenvalue weighted by atomic mass is 35.5. The molecule has 0 aliphatic heterocycles. The minimum Gasteiger partial charge on any atom is -0.341 e. The zero-order valence-electron chi connectivity index (χ0n) is 7.59. The van der Waals surface area contributed by atoms with Gasteiger partial charge in [0.25, 0.3) is 0 Å². The third kappa shape index (κ3) is 2.71. The maximum atomic E-state index is 5.75. The van der Waals surface area contributed by atoms with Crippen LogP contribution in [0.4, 0.5) is 5.95 Å². The summed E-state index contributed by atoms with van der Waals surface area (Å²) in [5.74, 6) is 0.586. The second kappa shape index (κ2) is 4.63. The molecule has 0 bridgehead atoms. The monoisotopic (exact) mass is 219 g/mol. The minimum atomic E-state index is 0.377. The van der Waals surface area contributed by atoms with E-state index in [-0.39, 0.29) is 0 Å². The second-order valence-electron chi connectivity index (χ2n) is 2.49. The summed E-state index contributed by atoms with van der Waals surface area (Å²) in [6.45, 7) is 5.74. The first-order chi connectivity index (χ1) is 6.17. The lowest BCUT2D eigenvalue weighted by molar-refractivity contribution is 0.821. The Bertz CT molecular complexity index is 266. The second-order valence-corrected chi connectivity index (χ2v) is 3.26. The molecule has 13 heavy (non-hydrogen) atoms. The lowest BCUT2D eigenvalue weighted by Gasteiger charge is -2.18. The zero-order chi connectivity index (χ0) is 9.84. The quantitative estimate of drug-likeness (QED) is 0.733. The van der Waals surface area contributed by atoms with E-state index in [9.17, 15) is 0 Å². The molecule has 0 aromatic carbocycles. The number of rotatable bonds is 3. The zero-order valence-corrected chi connectivity index (χ0v) is 9.10. The molecule has 0 saturated carbocycles. The van der Waals surface area contributed by atoms with Crippen LogP contribution in [0.3, 0.4) is 0 Å². The van der Waals surface area contributed by atoms with Crippen molar-refractivity contribution in [1.29, 1.82) is 0 Å². The first-order valence-electron chi connectivity index (χ1n) is 4.12. The van der Waals surface area contributed by atoms with Crippen molar-refractivity contribution < 1.29 is 0 Å². The van der Waals surface area contributed by atoms with Gasteiger partial charge in [-0.15, -0.1) is 0 Å². The molecule has 0 atom stereocenters. The molecule has 0 amide bonds. The van der Waals surface area contributed by atoms with E-state index in [0.29, 0.717) is 16.3 Å². The average molecular weight is 220 g/mol. The summed E-state index contributed by atoms with van der Waals surface area (Å²) >= 11 is 11.5. The Balaban J connectivity index is 2.99. The highest BCUT2D eigenvalue weighted by Gasteiger charge is 2.07. The molecule has 0 aliphatic carbocycles. The molecule has 0 aliphatic rings. The van der Waals surface area contributed by atoms with Gasteiger partial charge in [-0.2, -0.15) is 0 Å². The van der Waals surface area contributed by atoms with Crippen molar-refractivity contribution in [2.24, 2.45) is 0 Å². The normalized spacial score (nSPS) is 10.2. The number of halogens is 2. The van der Waals surface area contributed by atoms with Gasteiger partial charge in [0.15, 0.2) is 0 Å². The van der Waals surface area contributed by atoms with Crippen molar-refractivity contribution in [2.75, 3.05) is 18.0 Å². The molecule has 0 radical (unpaired) electrons. The van der Waals surface area contributed by atoms with Crippen molar-refractivity contribution in [2.45, 2.75) is 13.8 Å². The van der Waals surface area contributed by atoms with Crippen LogP contribution < -0.4 is 4.90 Å². The summed E-state index contributed by atoms with van der Waals surface area (Å²) < 4.78 is 0. The fraction of sp³-hybridized carbons (Fsp3) is 0.500. The molecule has 1 aromatic heterocycles. The third-order valence-corrected chi connectivity index (χ3v) is 2.09. The number of nitrogens with zero attached hydrogens (tertiary/aromatic N) is 3. The summed E-state index contributed by atoms with van der Waals surface area (Å²) in [5.41, 5.74) is 0. The molecule has 0 unspecified atom stereocenters. The van der Waals surface area contributed by atoms with E-state index in [1.165, 1.54) is 6.07 Å². The summed E-state index contributed by atoms with van der Waals surface area (Å²) in [7, 11) is 0. The molecule has 0 saturated heterocycles. The Morgan fingerprint density at radius 2 is 1.62 bits per heavy atom. The molecule has 0 fully saturated rings. The van der Waals surface area contributed by atoms with E-state index in [4.69, 9.17) is 23.2 Å². The molecule has 72 valence electrons. The van der Waals surface area contributed by atoms with Crippen LogP contribution in [0.1, 0.15) is 13.8 Å². The highest BCUT2D eigenvalue weighted by molar-refractivity contribution is 6.33. The number of hydrogen-bond donors (Lipinski definition) is 0. The fourth-order valence-corrected chi connectivity index (χ4v) is 1.44. The number of hydrogen-bond acceptors (Lipinski definition) is 3. The van der Waals surface area contributed by atoms with E-state index in [2.05, 4.69) is 9.97 Å². The summed E-state index contributed by atoms with van der Waals surface area (Å²) in [4.78, 5) is 10.1. The van der Waals surface area contributed by atoms with Crippen LogP contribution in [0.5, 0.6) is 0 Å². The van der Waals surface area contributed by atoms with E-state index in [1.54, 1.807) is 0 Å². The van der Waals surface area contributed by atoms with Gasteiger partial charge >= 0.3 is 0 Å². The third-order valence-electron chi connectivity index (χ3n) is 1.70. The van der Waals surface area contributed by atoms with Crippen molar-refractivity contribution in [1.82, 2.24) is 9.97 Å². The molecule has 3 nitrogen and oxygen atoms in total. The predicted octanol–water partition coefficient (Wildman–Crippen LogP) is 2.63. The van der Waals surface area contributed by atoms with Crippen LogP contribution in [0.2, 0.25) is 10.3 Å². The van der Waals surface area contributed by atoms with Crippen LogP contribution in [-0.2, 0) is 0 Å². The van der Waals surface area contributed by atoms with Crippen LogP contribution >= 0.6 is 23.2 Å². The number of aromatic nitrogens is 2. The molecule has 1 heterocycles. The van der Waals surface area contributed by atoms with Gasteiger partial charge in [0, 0.05) is 19.2 Å². The smallest absolute Gasteiger partial charge is 0.228 e. The summed E-state index contributed by atoms with van der Waals surface area (Å²) in [6.07, 6.45) is 0. The maximum absolute atomic E-state index is 5.75. The van der Waals surface area contributed by atoms with E-state index < -0.39 is 0 Å². The fourth-order valence-electron chi connectivity index (χ4n) is 1.03. The average Bonchev–Trinajstić information content (AvgIpc) is 2.04. The van der Waals surface area contributed by atoms with Crippen LogP contribution in [0.25, 0.3) is 0 Å². The maximum Gasteiger partial charge on any atom is 0.228 e. The van der Waals surface area contributed by atoms with E-state index >= 15 is 0 Å². The van der Waals surface area contributed by atoms with Gasteiger partial charge in [0.1, 0.15) is 10.3 Å². The van der Waals surface area contributed by atoms with Gasteiger partial charge in [0.05, 0.1) is 0 Å². The first-order valence-corrected chi connectivity index (χ1v) is 4.88. The van der Waals surface area contributed by atoms with Crippen LogP contribution in [0, 0.1) is 0 Å². The van der Waals surface area contributed by atoms with Gasteiger partial charge in [-0.3, -0.25) is 0 Å². The van der Waals surface area contributed by atoms with Crippen molar-refractivity contribution in [3.63, 3.8) is 0 Å². The van der Waals surface area contributed by atoms with Gasteiger partial charge in [0.2, 0.25) is 5.95 Å². The van der Waals surface area contributed by atoms with Crippen molar-refractivity contribution in [3.05, 3.63) is 16.4 Å². The van der Waals surface area contributed by atoms with E-state index in [1.807, 2.05) is 18.7 Å². The molecule has 0 N–H and O–H groups in total. The van der Waals surface area contributed by atoms with Gasteiger partial charge in [-0.05, 0) is 13.8 Å².